The third-order valence-corrected chi connectivity index (χ3v) is 2.15. The van der Waals surface area contributed by atoms with E-state index in [0.29, 0.717) is 18.9 Å². The molecule has 1 amide bonds. The highest BCUT2D eigenvalue weighted by Crippen LogP contribution is 2.08. The summed E-state index contributed by atoms with van der Waals surface area (Å²) in [5.41, 5.74) is 0. The van der Waals surface area contributed by atoms with Crippen molar-refractivity contribution in [2.45, 2.75) is 19.9 Å². The van der Waals surface area contributed by atoms with Gasteiger partial charge in [0.15, 0.2) is 5.76 Å². The van der Waals surface area contributed by atoms with Gasteiger partial charge in [-0.05, 0) is 26.0 Å². The van der Waals surface area contributed by atoms with E-state index in [0.717, 1.165) is 0 Å². The number of hydrogen-bond donors (Lipinski definition) is 0. The summed E-state index contributed by atoms with van der Waals surface area (Å²) in [6.45, 7) is 5.05. The van der Waals surface area contributed by atoms with Crippen LogP contribution in [0.15, 0.2) is 22.8 Å². The molecule has 1 heterocycles. The highest BCUT2D eigenvalue weighted by atomic mass is 16.5. The molecule has 0 atom stereocenters. The number of nitrogens with zero attached hydrogens (tertiary/aromatic N) is 1. The van der Waals surface area contributed by atoms with E-state index in [9.17, 15) is 4.79 Å². The van der Waals surface area contributed by atoms with Crippen molar-refractivity contribution in [2.75, 3.05) is 20.3 Å². The first kappa shape index (κ1) is 11.8. The molecule has 0 saturated heterocycles. The Morgan fingerprint density at radius 3 is 2.80 bits per heavy atom. The quantitative estimate of drug-likeness (QED) is 0.745. The van der Waals surface area contributed by atoms with Crippen molar-refractivity contribution in [1.29, 1.82) is 0 Å². The third kappa shape index (κ3) is 3.09. The van der Waals surface area contributed by atoms with E-state index in [1.165, 1.54) is 6.26 Å². The van der Waals surface area contributed by atoms with E-state index in [1.54, 1.807) is 24.1 Å². The molecule has 1 aromatic rings. The molecule has 0 aliphatic heterocycles. The van der Waals surface area contributed by atoms with Gasteiger partial charge in [-0.3, -0.25) is 4.79 Å². The average Bonchev–Trinajstić information content (AvgIpc) is 2.70. The Morgan fingerprint density at radius 1 is 1.60 bits per heavy atom. The number of hydrogen-bond acceptors (Lipinski definition) is 3. The molecule has 0 aromatic carbocycles. The van der Waals surface area contributed by atoms with Crippen molar-refractivity contribution in [2.24, 2.45) is 0 Å². The number of amides is 1. The highest BCUT2D eigenvalue weighted by Gasteiger charge is 2.20. The molecule has 15 heavy (non-hydrogen) atoms. The van der Waals surface area contributed by atoms with E-state index >= 15 is 0 Å². The molecular weight excluding hydrogens is 194 g/mol. The molecule has 4 nitrogen and oxygen atoms in total. The fourth-order valence-corrected chi connectivity index (χ4v) is 1.33. The molecular formula is C11H17NO3. The SMILES string of the molecule is COCCN(C(=O)c1ccco1)C(C)C. The highest BCUT2D eigenvalue weighted by molar-refractivity contribution is 5.91. The van der Waals surface area contributed by atoms with Crippen LogP contribution in [0.25, 0.3) is 0 Å². The van der Waals surface area contributed by atoms with E-state index in [4.69, 9.17) is 9.15 Å². The molecule has 0 bridgehead atoms. The summed E-state index contributed by atoms with van der Waals surface area (Å²) in [5.74, 6) is 0.284. The first-order valence-electron chi connectivity index (χ1n) is 5.00. The van der Waals surface area contributed by atoms with Gasteiger partial charge in [-0.1, -0.05) is 0 Å². The Kier molecular flexibility index (Phi) is 4.37. The van der Waals surface area contributed by atoms with Crippen molar-refractivity contribution in [3.05, 3.63) is 24.2 Å². The lowest BCUT2D eigenvalue weighted by Crippen LogP contribution is -2.39. The molecule has 1 aromatic heterocycles. The van der Waals surface area contributed by atoms with Crippen LogP contribution >= 0.6 is 0 Å². The maximum atomic E-state index is 11.9. The standard InChI is InChI=1S/C11H17NO3/c1-9(2)12(6-8-14-3)11(13)10-5-4-7-15-10/h4-5,7,9H,6,8H2,1-3H3. The van der Waals surface area contributed by atoms with Gasteiger partial charge < -0.3 is 14.1 Å². The Hall–Kier alpha value is -1.29. The first-order chi connectivity index (χ1) is 7.16. The van der Waals surface area contributed by atoms with Crippen molar-refractivity contribution < 1.29 is 13.9 Å². The van der Waals surface area contributed by atoms with Gasteiger partial charge in [0.25, 0.3) is 5.91 Å². The van der Waals surface area contributed by atoms with Crippen LogP contribution in [0.4, 0.5) is 0 Å². The lowest BCUT2D eigenvalue weighted by molar-refractivity contribution is 0.0604. The van der Waals surface area contributed by atoms with Gasteiger partial charge in [0.2, 0.25) is 0 Å². The van der Waals surface area contributed by atoms with Crippen LogP contribution in [0.2, 0.25) is 0 Å². The van der Waals surface area contributed by atoms with E-state index in [2.05, 4.69) is 0 Å². The van der Waals surface area contributed by atoms with Crippen molar-refractivity contribution in [3.63, 3.8) is 0 Å². The van der Waals surface area contributed by atoms with E-state index in [1.807, 2.05) is 13.8 Å². The zero-order valence-corrected chi connectivity index (χ0v) is 9.40. The number of rotatable bonds is 5. The number of furan rings is 1. The fraction of sp³-hybridized carbons (Fsp3) is 0.545. The molecule has 0 spiro atoms. The van der Waals surface area contributed by atoms with Crippen LogP contribution in [-0.2, 0) is 4.74 Å². The summed E-state index contributed by atoms with van der Waals surface area (Å²) in [5, 5.41) is 0. The van der Waals surface area contributed by atoms with Gasteiger partial charge in [0.05, 0.1) is 12.9 Å². The van der Waals surface area contributed by atoms with E-state index < -0.39 is 0 Å². The molecule has 1 rings (SSSR count). The normalized spacial score (nSPS) is 10.7. The van der Waals surface area contributed by atoms with Crippen molar-refractivity contribution in [1.82, 2.24) is 4.90 Å². The second kappa shape index (κ2) is 5.56. The van der Waals surface area contributed by atoms with Crippen molar-refractivity contribution >= 4 is 5.91 Å². The lowest BCUT2D eigenvalue weighted by Gasteiger charge is -2.25. The van der Waals surface area contributed by atoms with Crippen LogP contribution in [0.5, 0.6) is 0 Å². The predicted molar refractivity (Wildman–Crippen MR) is 56.8 cm³/mol. The van der Waals surface area contributed by atoms with E-state index in [-0.39, 0.29) is 11.9 Å². The summed E-state index contributed by atoms with van der Waals surface area (Å²) in [6, 6.07) is 3.52. The van der Waals surface area contributed by atoms with Gasteiger partial charge in [-0.25, -0.2) is 0 Å². The number of methoxy groups -OCH3 is 1. The molecule has 0 aliphatic rings. The zero-order chi connectivity index (χ0) is 11.3. The fourth-order valence-electron chi connectivity index (χ4n) is 1.33. The molecule has 0 aliphatic carbocycles. The Morgan fingerprint density at radius 2 is 2.33 bits per heavy atom. The molecule has 0 fully saturated rings. The summed E-state index contributed by atoms with van der Waals surface area (Å²) < 4.78 is 10.0. The second-order valence-corrected chi connectivity index (χ2v) is 3.56. The molecule has 4 heteroatoms. The topological polar surface area (TPSA) is 42.7 Å². The minimum absolute atomic E-state index is 0.0907. The maximum Gasteiger partial charge on any atom is 0.289 e. The molecule has 0 saturated carbocycles. The van der Waals surface area contributed by atoms with Crippen LogP contribution in [0.3, 0.4) is 0 Å². The number of carbonyl (C=O) groups excluding carboxylic acids is 1. The maximum absolute atomic E-state index is 11.9. The summed E-state index contributed by atoms with van der Waals surface area (Å²) >= 11 is 0. The van der Waals surface area contributed by atoms with Gasteiger partial charge in [-0.15, -0.1) is 0 Å². The molecule has 0 unspecified atom stereocenters. The summed E-state index contributed by atoms with van der Waals surface area (Å²) in [4.78, 5) is 13.7. The minimum atomic E-state index is -0.0907. The van der Waals surface area contributed by atoms with Crippen LogP contribution in [0, 0.1) is 0 Å². The van der Waals surface area contributed by atoms with Crippen LogP contribution < -0.4 is 0 Å². The number of carbonyl (C=O) groups is 1. The Labute approximate surface area is 89.8 Å². The second-order valence-electron chi connectivity index (χ2n) is 3.56. The van der Waals surface area contributed by atoms with Gasteiger partial charge >= 0.3 is 0 Å². The first-order valence-corrected chi connectivity index (χ1v) is 5.00. The molecule has 0 N–H and O–H groups in total. The van der Waals surface area contributed by atoms with Crippen LogP contribution in [-0.4, -0.2) is 37.1 Å². The third-order valence-electron chi connectivity index (χ3n) is 2.15. The Balaban J connectivity index is 2.67. The molecule has 84 valence electrons. The lowest BCUT2D eigenvalue weighted by atomic mass is 10.3. The largest absolute Gasteiger partial charge is 0.459 e. The Bertz CT molecular complexity index is 293. The monoisotopic (exact) mass is 211 g/mol. The summed E-state index contributed by atoms with van der Waals surface area (Å²) in [7, 11) is 1.62. The minimum Gasteiger partial charge on any atom is -0.459 e. The average molecular weight is 211 g/mol. The van der Waals surface area contributed by atoms with Crippen molar-refractivity contribution in [3.8, 4) is 0 Å². The summed E-state index contributed by atoms with van der Waals surface area (Å²) in [6.07, 6.45) is 1.50. The van der Waals surface area contributed by atoms with Gasteiger partial charge in [0.1, 0.15) is 0 Å². The van der Waals surface area contributed by atoms with Gasteiger partial charge in [0, 0.05) is 19.7 Å². The predicted octanol–water partition coefficient (Wildman–Crippen LogP) is 1.78. The zero-order valence-electron chi connectivity index (χ0n) is 9.40. The number of ether oxygens (including phenoxy) is 1. The van der Waals surface area contributed by atoms with Gasteiger partial charge in [-0.2, -0.15) is 0 Å². The smallest absolute Gasteiger partial charge is 0.289 e. The van der Waals surface area contributed by atoms with Crippen LogP contribution in [0.1, 0.15) is 24.4 Å². The molecule has 0 radical (unpaired) electrons.